The number of halogens is 1. The van der Waals surface area contributed by atoms with E-state index in [1.807, 2.05) is 0 Å². The minimum atomic E-state index is -1.52. The molecule has 34 valence electrons. The number of hydrogen-bond acceptors (Lipinski definition) is 2. The van der Waals surface area contributed by atoms with Crippen molar-refractivity contribution < 1.29 is 43.8 Å². The molecule has 0 aromatic carbocycles. The van der Waals surface area contributed by atoms with Gasteiger partial charge in [-0.05, 0) is 6.08 Å². The van der Waals surface area contributed by atoms with E-state index in [1.165, 1.54) is 0 Å². The predicted octanol–water partition coefficient (Wildman–Crippen LogP) is -3.78. The first kappa shape index (κ1) is 10.2. The Labute approximate surface area is 62.3 Å². The summed E-state index contributed by atoms with van der Waals surface area (Å²) in [6, 6.07) is 0. The number of hydrogen-bond donors (Lipinski definition) is 0. The molecule has 0 amide bonds. The van der Waals surface area contributed by atoms with Crippen molar-refractivity contribution >= 4 is 5.97 Å². The molecule has 0 unspecified atom stereocenters. The van der Waals surface area contributed by atoms with Crippen LogP contribution in [0.4, 0.5) is 4.39 Å². The van der Waals surface area contributed by atoms with Gasteiger partial charge in [0.2, 0.25) is 0 Å². The normalized spacial score (nSPS) is 8.14. The summed E-state index contributed by atoms with van der Waals surface area (Å²) in [5, 5.41) is 9.16. The fourth-order valence-electron chi connectivity index (χ4n) is 0.0514. The molecule has 0 N–H and O–H groups in total. The summed E-state index contributed by atoms with van der Waals surface area (Å²) >= 11 is 0. The Morgan fingerprint density at radius 1 is 1.71 bits per heavy atom. The van der Waals surface area contributed by atoms with E-state index in [-0.39, 0.29) is 35.9 Å². The molecule has 0 radical (unpaired) electrons. The molecule has 2 nitrogen and oxygen atoms in total. The smallest absolute Gasteiger partial charge is 0.545 e. The molecule has 0 aliphatic heterocycles. The predicted molar refractivity (Wildman–Crippen MR) is 15.3 cm³/mol. The van der Waals surface area contributed by atoms with Crippen molar-refractivity contribution in [1.82, 2.24) is 0 Å². The Balaban J connectivity index is 0. The van der Waals surface area contributed by atoms with E-state index < -0.39 is 5.97 Å². The second-order valence-corrected chi connectivity index (χ2v) is 0.612. The monoisotopic (exact) mass is 112 g/mol. The van der Waals surface area contributed by atoms with Crippen LogP contribution in [0.15, 0.2) is 12.4 Å². The Morgan fingerprint density at radius 2 is 2.14 bits per heavy atom. The third-order valence-electron chi connectivity index (χ3n) is 0.199. The van der Waals surface area contributed by atoms with Gasteiger partial charge in [-0.3, -0.25) is 0 Å². The quantitative estimate of drug-likeness (QED) is 0.258. The zero-order valence-corrected chi connectivity index (χ0v) is 5.85. The molecule has 7 heavy (non-hydrogen) atoms. The largest absolute Gasteiger partial charge is 1.00 e. The summed E-state index contributed by atoms with van der Waals surface area (Å²) in [4.78, 5) is 9.16. The van der Waals surface area contributed by atoms with Gasteiger partial charge in [-0.15, -0.1) is 0 Å². The van der Waals surface area contributed by atoms with Gasteiger partial charge in [-0.25, -0.2) is 4.39 Å². The molecule has 0 saturated carbocycles. The zero-order chi connectivity index (χ0) is 4.99. The van der Waals surface area contributed by atoms with Crippen LogP contribution in [0.2, 0.25) is 0 Å². The molecule has 0 heterocycles. The first-order chi connectivity index (χ1) is 2.77. The van der Waals surface area contributed by atoms with E-state index in [4.69, 9.17) is 9.90 Å². The number of carbonyl (C=O) groups is 1. The van der Waals surface area contributed by atoms with E-state index in [1.54, 1.807) is 0 Å². The van der Waals surface area contributed by atoms with Gasteiger partial charge < -0.3 is 9.90 Å². The van der Waals surface area contributed by atoms with Crippen molar-refractivity contribution in [2.24, 2.45) is 0 Å². The molecular weight excluding hydrogens is 110 g/mol. The van der Waals surface area contributed by atoms with Crippen LogP contribution < -0.4 is 34.7 Å². The fourth-order valence-corrected chi connectivity index (χ4v) is 0.0514. The molecule has 4 heteroatoms. The number of carbonyl (C=O) groups excluding carboxylic acids is 1. The molecule has 0 atom stereocenters. The van der Waals surface area contributed by atoms with Gasteiger partial charge in [0.15, 0.2) is 0 Å². The van der Waals surface area contributed by atoms with Crippen LogP contribution in [0.1, 0.15) is 0 Å². The molecule has 0 aliphatic rings. The maximum absolute atomic E-state index is 10.6. The summed E-state index contributed by atoms with van der Waals surface area (Å²) in [6.07, 6.45) is 0.218. The summed E-state index contributed by atoms with van der Waals surface area (Å²) in [6.45, 7) is 0. The topological polar surface area (TPSA) is 40.1 Å². The number of carboxylic acid groups (broad SMARTS) is 1. The average Bonchev–Trinajstić information content (AvgIpc) is 1.35. The van der Waals surface area contributed by atoms with Crippen LogP contribution >= 0.6 is 0 Å². The van der Waals surface area contributed by atoms with E-state index in [2.05, 4.69) is 0 Å². The molecule has 0 aromatic heterocycles. The third kappa shape index (κ3) is 10.7. The summed E-state index contributed by atoms with van der Waals surface area (Å²) < 4.78 is 10.6. The van der Waals surface area contributed by atoms with Crippen molar-refractivity contribution in [1.29, 1.82) is 0 Å². The first-order valence-electron chi connectivity index (χ1n) is 1.25. The Hall–Kier alpha value is 0.140. The molecule has 0 aromatic rings. The molecular formula is C3H2FNaO2. The summed E-state index contributed by atoms with van der Waals surface area (Å²) in [5.41, 5.74) is 0. The van der Waals surface area contributed by atoms with E-state index in [9.17, 15) is 4.39 Å². The Morgan fingerprint density at radius 3 is 2.14 bits per heavy atom. The van der Waals surface area contributed by atoms with Gasteiger partial charge in [0.05, 0.1) is 12.3 Å². The maximum Gasteiger partial charge on any atom is 1.00 e. The van der Waals surface area contributed by atoms with Crippen LogP contribution in [0.5, 0.6) is 0 Å². The van der Waals surface area contributed by atoms with Crippen molar-refractivity contribution in [3.63, 3.8) is 0 Å². The van der Waals surface area contributed by atoms with Crippen molar-refractivity contribution in [2.45, 2.75) is 0 Å². The van der Waals surface area contributed by atoms with Gasteiger partial charge in [0.1, 0.15) is 0 Å². The summed E-state index contributed by atoms with van der Waals surface area (Å²) in [5.74, 6) is -1.52. The minimum Gasteiger partial charge on any atom is -0.545 e. The molecule has 0 spiro atoms. The van der Waals surface area contributed by atoms with Crippen LogP contribution in [0.3, 0.4) is 0 Å². The standard InChI is InChI=1S/C3H3FO2.Na/c4-2-1-3(5)6;/h1-2H,(H,5,6);/q;+1/p-1. The second-order valence-electron chi connectivity index (χ2n) is 0.612. The van der Waals surface area contributed by atoms with Crippen LogP contribution in [-0.2, 0) is 4.79 Å². The zero-order valence-electron chi connectivity index (χ0n) is 3.85. The Kier molecular flexibility index (Phi) is 8.94. The van der Waals surface area contributed by atoms with E-state index >= 15 is 0 Å². The van der Waals surface area contributed by atoms with Crippen molar-refractivity contribution in [3.8, 4) is 0 Å². The van der Waals surface area contributed by atoms with E-state index in [0.717, 1.165) is 0 Å². The number of carboxylic acids is 1. The number of aliphatic carboxylic acids is 1. The molecule has 0 fully saturated rings. The molecule has 0 rings (SSSR count). The number of rotatable bonds is 1. The summed E-state index contributed by atoms with van der Waals surface area (Å²) in [7, 11) is 0. The van der Waals surface area contributed by atoms with Gasteiger partial charge in [0.25, 0.3) is 0 Å². The SMILES string of the molecule is O=C([O-])C=CF.[Na+]. The minimum absolute atomic E-state index is 0. The van der Waals surface area contributed by atoms with Crippen LogP contribution in [-0.4, -0.2) is 5.97 Å². The van der Waals surface area contributed by atoms with Gasteiger partial charge in [0, 0.05) is 0 Å². The van der Waals surface area contributed by atoms with E-state index in [0.29, 0.717) is 6.08 Å². The van der Waals surface area contributed by atoms with Gasteiger partial charge >= 0.3 is 29.6 Å². The average molecular weight is 112 g/mol. The Bertz CT molecular complexity index is 81.0. The van der Waals surface area contributed by atoms with Crippen LogP contribution in [0, 0.1) is 0 Å². The molecule has 0 aliphatic carbocycles. The van der Waals surface area contributed by atoms with Crippen molar-refractivity contribution in [3.05, 3.63) is 12.4 Å². The molecule has 0 bridgehead atoms. The van der Waals surface area contributed by atoms with Crippen LogP contribution in [0.25, 0.3) is 0 Å². The third-order valence-corrected chi connectivity index (χ3v) is 0.199. The second kappa shape index (κ2) is 6.14. The van der Waals surface area contributed by atoms with Crippen molar-refractivity contribution in [2.75, 3.05) is 0 Å². The first-order valence-corrected chi connectivity index (χ1v) is 1.25. The maximum atomic E-state index is 10.6. The van der Waals surface area contributed by atoms with Gasteiger partial charge in [-0.1, -0.05) is 0 Å². The molecule has 0 saturated heterocycles. The fraction of sp³-hybridized carbons (Fsp3) is 0. The van der Waals surface area contributed by atoms with Gasteiger partial charge in [-0.2, -0.15) is 0 Å².